The summed E-state index contributed by atoms with van der Waals surface area (Å²) in [5.41, 5.74) is 2.80. The van der Waals surface area contributed by atoms with E-state index in [4.69, 9.17) is 4.74 Å². The van der Waals surface area contributed by atoms with Crippen molar-refractivity contribution < 1.29 is 35.9 Å². The van der Waals surface area contributed by atoms with Crippen LogP contribution in [0, 0.1) is 6.92 Å². The number of hydrogen-bond donors (Lipinski definition) is 1. The molecule has 7 nitrogen and oxygen atoms in total. The molecule has 3 aromatic rings. The lowest BCUT2D eigenvalue weighted by atomic mass is 9.94. The highest BCUT2D eigenvalue weighted by molar-refractivity contribution is 7.88. The zero-order chi connectivity index (χ0) is 27.5. The molecule has 4 rings (SSSR count). The number of hydrogen-bond acceptors (Lipinski definition) is 5. The Morgan fingerprint density at radius 3 is 2.26 bits per heavy atom. The van der Waals surface area contributed by atoms with Gasteiger partial charge in [-0.1, -0.05) is 30.3 Å². The van der Waals surface area contributed by atoms with Gasteiger partial charge in [-0.2, -0.15) is 0 Å². The molecule has 3 aromatic carbocycles. The second-order valence-corrected chi connectivity index (χ2v) is 11.0. The Labute approximate surface area is 219 Å². The molecule has 1 heterocycles. The normalized spacial score (nSPS) is 15.2. The first-order chi connectivity index (χ1) is 17.9. The molecule has 0 saturated carbocycles. The average molecular weight is 549 g/mol. The maximum atomic E-state index is 13.3. The van der Waals surface area contributed by atoms with Crippen molar-refractivity contribution >= 4 is 21.6 Å². The van der Waals surface area contributed by atoms with Crippen molar-refractivity contribution in [1.29, 1.82) is 0 Å². The molecule has 202 valence electrons. The fraction of sp³-hybridized carbons (Fsp3) is 0.296. The number of nitrogens with zero attached hydrogens (tertiary/aromatic N) is 1. The summed E-state index contributed by atoms with van der Waals surface area (Å²) < 4.78 is 72.4. The summed E-state index contributed by atoms with van der Waals surface area (Å²) in [4.78, 5) is 13.3. The first-order valence-corrected chi connectivity index (χ1v) is 13.7. The largest absolute Gasteiger partial charge is 0.573 e. The van der Waals surface area contributed by atoms with Crippen molar-refractivity contribution in [3.8, 4) is 22.6 Å². The van der Waals surface area contributed by atoms with Gasteiger partial charge in [0.2, 0.25) is 10.0 Å². The third kappa shape index (κ3) is 7.05. The van der Waals surface area contributed by atoms with E-state index in [1.807, 2.05) is 13.0 Å². The molecule has 1 saturated heterocycles. The zero-order valence-electron chi connectivity index (χ0n) is 20.8. The molecule has 0 unspecified atom stereocenters. The third-order valence-corrected chi connectivity index (χ3v) is 7.46. The molecular formula is C27H27F3N2O5S. The van der Waals surface area contributed by atoms with Crippen molar-refractivity contribution in [2.75, 3.05) is 24.7 Å². The van der Waals surface area contributed by atoms with Crippen molar-refractivity contribution in [1.82, 2.24) is 4.31 Å². The maximum Gasteiger partial charge on any atom is 0.573 e. The van der Waals surface area contributed by atoms with Crippen LogP contribution < -0.4 is 14.8 Å². The molecule has 0 aromatic heterocycles. The molecule has 11 heteroatoms. The number of alkyl halides is 3. The van der Waals surface area contributed by atoms with Crippen LogP contribution in [0.15, 0.2) is 66.7 Å². The van der Waals surface area contributed by atoms with Crippen LogP contribution in [0.2, 0.25) is 0 Å². The molecule has 1 aliphatic rings. The van der Waals surface area contributed by atoms with Crippen molar-refractivity contribution in [2.24, 2.45) is 0 Å². The summed E-state index contributed by atoms with van der Waals surface area (Å²) in [7, 11) is -3.23. The van der Waals surface area contributed by atoms with Crippen LogP contribution in [-0.2, 0) is 10.0 Å². The lowest BCUT2D eigenvalue weighted by Crippen LogP contribution is -2.41. The fourth-order valence-electron chi connectivity index (χ4n) is 4.38. The number of amides is 1. The number of sulfonamides is 1. The van der Waals surface area contributed by atoms with Gasteiger partial charge in [0.05, 0.1) is 6.26 Å². The minimum absolute atomic E-state index is 0.147. The molecule has 1 fully saturated rings. The predicted octanol–water partition coefficient (Wildman–Crippen LogP) is 5.62. The zero-order valence-corrected chi connectivity index (χ0v) is 21.6. The lowest BCUT2D eigenvalue weighted by Gasteiger charge is -2.30. The van der Waals surface area contributed by atoms with E-state index in [0.717, 1.165) is 5.56 Å². The van der Waals surface area contributed by atoms with E-state index in [1.54, 1.807) is 36.4 Å². The summed E-state index contributed by atoms with van der Waals surface area (Å²) in [5, 5.41) is 2.86. The van der Waals surface area contributed by atoms with Gasteiger partial charge in [0.15, 0.2) is 0 Å². The van der Waals surface area contributed by atoms with Gasteiger partial charge < -0.3 is 14.8 Å². The van der Waals surface area contributed by atoms with Crippen LogP contribution >= 0.6 is 0 Å². The summed E-state index contributed by atoms with van der Waals surface area (Å²) in [6, 6.07) is 17.5. The number of carbonyl (C=O) groups is 1. The van der Waals surface area contributed by atoms with Crippen molar-refractivity contribution in [2.45, 2.75) is 32.2 Å². The van der Waals surface area contributed by atoms with Gasteiger partial charge in [0.1, 0.15) is 17.6 Å². The van der Waals surface area contributed by atoms with Gasteiger partial charge in [0.25, 0.3) is 5.91 Å². The molecule has 0 radical (unpaired) electrons. The summed E-state index contributed by atoms with van der Waals surface area (Å²) in [6.45, 7) is 2.59. The maximum absolute atomic E-state index is 13.3. The third-order valence-electron chi connectivity index (χ3n) is 6.16. The highest BCUT2D eigenvalue weighted by Gasteiger charge is 2.31. The number of rotatable bonds is 7. The second-order valence-electron chi connectivity index (χ2n) is 9.03. The number of halogens is 3. The Morgan fingerprint density at radius 1 is 0.974 bits per heavy atom. The SMILES string of the molecule is Cc1cccc(C(=O)Nc2cccc(OC3CCN(S(C)(=O)=O)CC3)c2)c1-c1ccc(OC(F)(F)F)cc1. The van der Waals surface area contributed by atoms with Crippen LogP contribution in [-0.4, -0.2) is 50.4 Å². The van der Waals surface area contributed by atoms with Crippen molar-refractivity contribution in [3.63, 3.8) is 0 Å². The highest BCUT2D eigenvalue weighted by atomic mass is 32.2. The number of aryl methyl sites for hydroxylation is 1. The van der Waals surface area contributed by atoms with E-state index < -0.39 is 22.3 Å². The minimum atomic E-state index is -4.79. The molecular weight excluding hydrogens is 521 g/mol. The Morgan fingerprint density at radius 2 is 1.63 bits per heavy atom. The topological polar surface area (TPSA) is 84.9 Å². The highest BCUT2D eigenvalue weighted by Crippen LogP contribution is 2.32. The van der Waals surface area contributed by atoms with Crippen molar-refractivity contribution in [3.05, 3.63) is 77.9 Å². The quantitative estimate of drug-likeness (QED) is 0.415. The Kier molecular flexibility index (Phi) is 7.98. The number of carbonyl (C=O) groups excluding carboxylic acids is 1. The predicted molar refractivity (Wildman–Crippen MR) is 138 cm³/mol. The van der Waals surface area contributed by atoms with Crippen LogP contribution in [0.4, 0.5) is 18.9 Å². The molecule has 1 aliphatic heterocycles. The van der Waals surface area contributed by atoms with Crippen LogP contribution in [0.25, 0.3) is 11.1 Å². The van der Waals surface area contributed by atoms with Gasteiger partial charge in [-0.15, -0.1) is 13.2 Å². The summed E-state index contributed by atoms with van der Waals surface area (Å²) >= 11 is 0. The fourth-order valence-corrected chi connectivity index (χ4v) is 5.26. The molecule has 0 bridgehead atoms. The van der Waals surface area contributed by atoms with Crippen LogP contribution in [0.3, 0.4) is 0 Å². The number of ether oxygens (including phenoxy) is 2. The number of benzene rings is 3. The minimum Gasteiger partial charge on any atom is -0.490 e. The number of nitrogens with one attached hydrogen (secondary N) is 1. The molecule has 1 amide bonds. The Bertz CT molecular complexity index is 1400. The first kappa shape index (κ1) is 27.5. The summed E-state index contributed by atoms with van der Waals surface area (Å²) in [6.07, 6.45) is -2.63. The Hall–Kier alpha value is -3.57. The van der Waals surface area contributed by atoms with Gasteiger partial charge in [-0.25, -0.2) is 12.7 Å². The monoisotopic (exact) mass is 548 g/mol. The van der Waals surface area contributed by atoms with E-state index in [2.05, 4.69) is 10.1 Å². The molecule has 38 heavy (non-hydrogen) atoms. The Balaban J connectivity index is 1.47. The second kappa shape index (κ2) is 11.0. The van der Waals surface area contributed by atoms with E-state index in [1.165, 1.54) is 34.8 Å². The standard InChI is InChI=1S/C27H27F3N2O5S/c1-18-5-3-8-24(25(18)19-9-11-22(12-10-19)37-27(28,29)30)26(33)31-20-6-4-7-23(17-20)36-21-13-15-32(16-14-21)38(2,34)35/h3-12,17,21H,13-16H2,1-2H3,(H,31,33). The van der Waals surface area contributed by atoms with E-state index in [-0.39, 0.29) is 11.9 Å². The van der Waals surface area contributed by atoms with E-state index >= 15 is 0 Å². The average Bonchev–Trinajstić information content (AvgIpc) is 2.83. The van der Waals surface area contributed by atoms with E-state index in [9.17, 15) is 26.4 Å². The summed E-state index contributed by atoms with van der Waals surface area (Å²) in [5.74, 6) is -0.192. The van der Waals surface area contributed by atoms with Gasteiger partial charge in [-0.05, 0) is 66.8 Å². The van der Waals surface area contributed by atoms with Gasteiger partial charge in [0, 0.05) is 30.4 Å². The molecule has 0 spiro atoms. The van der Waals surface area contributed by atoms with Gasteiger partial charge >= 0.3 is 6.36 Å². The van der Waals surface area contributed by atoms with E-state index in [0.29, 0.717) is 54.1 Å². The number of anilines is 1. The lowest BCUT2D eigenvalue weighted by molar-refractivity contribution is -0.274. The van der Waals surface area contributed by atoms with Crippen LogP contribution in [0.1, 0.15) is 28.8 Å². The molecule has 0 atom stereocenters. The smallest absolute Gasteiger partial charge is 0.490 e. The first-order valence-electron chi connectivity index (χ1n) is 11.9. The van der Waals surface area contributed by atoms with Crippen LogP contribution in [0.5, 0.6) is 11.5 Å². The molecule has 1 N–H and O–H groups in total. The number of piperidine rings is 1. The van der Waals surface area contributed by atoms with Gasteiger partial charge in [-0.3, -0.25) is 4.79 Å². The molecule has 0 aliphatic carbocycles.